The normalized spacial score (nSPS) is 16.7. The molecule has 1 aliphatic rings. The van der Waals surface area contributed by atoms with Gasteiger partial charge in [-0.15, -0.1) is 0 Å². The molecular formula is C19H17ClF2N4O2. The summed E-state index contributed by atoms with van der Waals surface area (Å²) in [4.78, 5) is 10.8. The van der Waals surface area contributed by atoms with Gasteiger partial charge in [0.25, 0.3) is 6.43 Å². The number of alkyl halides is 2. The number of ether oxygens (including phenoxy) is 1. The predicted molar refractivity (Wildman–Crippen MR) is 100 cm³/mol. The smallest absolute Gasteiger partial charge is 0.272 e. The second-order valence-electron chi connectivity index (χ2n) is 6.40. The third-order valence-electron chi connectivity index (χ3n) is 4.48. The van der Waals surface area contributed by atoms with Gasteiger partial charge in [0, 0.05) is 19.2 Å². The fraction of sp³-hybridized carbons (Fsp3) is 0.316. The van der Waals surface area contributed by atoms with E-state index < -0.39 is 13.0 Å². The van der Waals surface area contributed by atoms with Crippen LogP contribution in [0.5, 0.6) is 5.88 Å². The molecule has 6 nitrogen and oxygen atoms in total. The zero-order valence-electron chi connectivity index (χ0n) is 14.8. The Hall–Kier alpha value is -2.74. The van der Waals surface area contributed by atoms with Gasteiger partial charge in [0.05, 0.1) is 16.6 Å². The van der Waals surface area contributed by atoms with Crippen molar-refractivity contribution in [1.82, 2.24) is 15.1 Å². The second-order valence-corrected chi connectivity index (χ2v) is 6.81. The molecular weight excluding hydrogens is 390 g/mol. The Morgan fingerprint density at radius 1 is 1.18 bits per heavy atom. The highest BCUT2D eigenvalue weighted by atomic mass is 35.5. The van der Waals surface area contributed by atoms with Crippen LogP contribution in [0.4, 0.5) is 14.5 Å². The number of para-hydroxylation sites is 1. The lowest BCUT2D eigenvalue weighted by molar-refractivity contribution is 0.0796. The summed E-state index contributed by atoms with van der Waals surface area (Å²) in [5.41, 5.74) is 1.39. The first-order chi connectivity index (χ1) is 13.6. The Labute approximate surface area is 165 Å². The second kappa shape index (κ2) is 8.10. The summed E-state index contributed by atoms with van der Waals surface area (Å²) >= 11 is 6.28. The average Bonchev–Trinajstić information content (AvgIpc) is 3.36. The lowest BCUT2D eigenvalue weighted by Gasteiger charge is -2.19. The molecule has 2 aromatic heterocycles. The zero-order chi connectivity index (χ0) is 19.5. The van der Waals surface area contributed by atoms with Crippen molar-refractivity contribution in [3.05, 3.63) is 53.4 Å². The topological polar surface area (TPSA) is 64.3 Å². The summed E-state index contributed by atoms with van der Waals surface area (Å²) in [6.07, 6.45) is -1.71. The van der Waals surface area contributed by atoms with E-state index >= 15 is 0 Å². The third kappa shape index (κ3) is 4.06. The minimum absolute atomic E-state index is 0.0794. The molecule has 1 unspecified atom stereocenters. The summed E-state index contributed by atoms with van der Waals surface area (Å²) in [6, 6.07) is 12.5. The summed E-state index contributed by atoms with van der Waals surface area (Å²) in [6.45, 7) is 0.839. The predicted octanol–water partition coefficient (Wildman–Crippen LogP) is 4.42. The summed E-state index contributed by atoms with van der Waals surface area (Å²) in [5.74, 6) is 0.990. The number of hydrogen-bond acceptors (Lipinski definition) is 6. The van der Waals surface area contributed by atoms with Gasteiger partial charge in [-0.1, -0.05) is 35.0 Å². The maximum atomic E-state index is 12.3. The van der Waals surface area contributed by atoms with E-state index in [9.17, 15) is 8.78 Å². The minimum atomic E-state index is -2.56. The fourth-order valence-corrected chi connectivity index (χ4v) is 3.42. The van der Waals surface area contributed by atoms with Crippen molar-refractivity contribution in [3.63, 3.8) is 0 Å². The number of nitrogens with zero attached hydrogens (tertiary/aromatic N) is 4. The highest BCUT2D eigenvalue weighted by Crippen LogP contribution is 2.34. The number of benzene rings is 1. The number of aromatic nitrogens is 3. The minimum Gasteiger partial charge on any atom is -0.472 e. The summed E-state index contributed by atoms with van der Waals surface area (Å²) in [7, 11) is 0. The van der Waals surface area contributed by atoms with Crippen molar-refractivity contribution in [1.29, 1.82) is 0 Å². The maximum absolute atomic E-state index is 12.3. The fourth-order valence-electron chi connectivity index (χ4n) is 3.16. The molecule has 1 fully saturated rings. The molecule has 0 bridgehead atoms. The van der Waals surface area contributed by atoms with Gasteiger partial charge in [0.15, 0.2) is 6.61 Å². The molecule has 146 valence electrons. The van der Waals surface area contributed by atoms with Crippen molar-refractivity contribution >= 4 is 17.3 Å². The van der Waals surface area contributed by atoms with Crippen LogP contribution in [0, 0.1) is 0 Å². The van der Waals surface area contributed by atoms with E-state index in [0.717, 1.165) is 25.2 Å². The first kappa shape index (κ1) is 18.6. The molecule has 28 heavy (non-hydrogen) atoms. The Bertz CT molecular complexity index is 953. The van der Waals surface area contributed by atoms with Crippen LogP contribution >= 0.6 is 11.6 Å². The highest BCUT2D eigenvalue weighted by molar-refractivity contribution is 6.33. The first-order valence-electron chi connectivity index (χ1n) is 8.81. The lowest BCUT2D eigenvalue weighted by Crippen LogP contribution is -2.19. The van der Waals surface area contributed by atoms with Gasteiger partial charge >= 0.3 is 0 Å². The summed E-state index contributed by atoms with van der Waals surface area (Å²) in [5, 5.41) is 4.69. The van der Waals surface area contributed by atoms with Crippen LogP contribution in [0.2, 0.25) is 5.02 Å². The Morgan fingerprint density at radius 2 is 2.04 bits per heavy atom. The van der Waals surface area contributed by atoms with E-state index in [-0.39, 0.29) is 11.8 Å². The molecule has 1 aromatic carbocycles. The van der Waals surface area contributed by atoms with Gasteiger partial charge in [-0.05, 0) is 24.6 Å². The zero-order valence-corrected chi connectivity index (χ0v) is 15.5. The van der Waals surface area contributed by atoms with Crippen molar-refractivity contribution in [2.75, 3.05) is 24.6 Å². The van der Waals surface area contributed by atoms with Crippen molar-refractivity contribution in [2.24, 2.45) is 0 Å². The van der Waals surface area contributed by atoms with E-state index in [4.69, 9.17) is 20.9 Å². The first-order valence-corrected chi connectivity index (χ1v) is 9.19. The summed E-state index contributed by atoms with van der Waals surface area (Å²) < 4.78 is 35.0. The van der Waals surface area contributed by atoms with Crippen molar-refractivity contribution < 1.29 is 18.0 Å². The molecule has 0 saturated carbocycles. The maximum Gasteiger partial charge on any atom is 0.272 e. The quantitative estimate of drug-likeness (QED) is 0.603. The van der Waals surface area contributed by atoms with Crippen LogP contribution in [0.25, 0.3) is 11.5 Å². The highest BCUT2D eigenvalue weighted by Gasteiger charge is 2.29. The molecule has 1 saturated heterocycles. The number of halogens is 3. The molecule has 9 heteroatoms. The van der Waals surface area contributed by atoms with E-state index in [1.165, 1.54) is 6.07 Å². The van der Waals surface area contributed by atoms with E-state index in [1.54, 1.807) is 12.1 Å². The monoisotopic (exact) mass is 406 g/mol. The average molecular weight is 407 g/mol. The van der Waals surface area contributed by atoms with Gasteiger partial charge in [0.2, 0.25) is 17.6 Å². The van der Waals surface area contributed by atoms with E-state index in [2.05, 4.69) is 20.0 Å². The van der Waals surface area contributed by atoms with Gasteiger partial charge < -0.3 is 14.2 Å². The number of rotatable bonds is 6. The van der Waals surface area contributed by atoms with Crippen LogP contribution in [0.3, 0.4) is 0 Å². The molecule has 1 aliphatic heterocycles. The van der Waals surface area contributed by atoms with Crippen LogP contribution < -0.4 is 9.64 Å². The molecule has 0 N–H and O–H groups in total. The van der Waals surface area contributed by atoms with Crippen LogP contribution in [0.1, 0.15) is 18.2 Å². The molecule has 0 spiro atoms. The Morgan fingerprint density at radius 3 is 2.86 bits per heavy atom. The Balaban J connectivity index is 1.47. The van der Waals surface area contributed by atoms with Crippen molar-refractivity contribution in [2.45, 2.75) is 18.8 Å². The SMILES string of the molecule is FC(F)COc1cccc(-c2noc(C3CCN(c4ccccc4Cl)C3)n2)n1. The van der Waals surface area contributed by atoms with Crippen LogP contribution in [-0.2, 0) is 0 Å². The molecule has 0 amide bonds. The standard InChI is InChI=1S/C19H17ClF2N4O2/c20-13-4-1-2-6-15(13)26-9-8-12(10-26)19-24-18(25-28-19)14-5-3-7-17(23-14)27-11-16(21)22/h1-7,12,16H,8-11H2. The Kier molecular flexibility index (Phi) is 5.38. The molecule has 0 aliphatic carbocycles. The number of hydrogen-bond donors (Lipinski definition) is 0. The lowest BCUT2D eigenvalue weighted by atomic mass is 10.1. The van der Waals surface area contributed by atoms with E-state index in [1.807, 2.05) is 24.3 Å². The molecule has 3 aromatic rings. The van der Waals surface area contributed by atoms with E-state index in [0.29, 0.717) is 22.4 Å². The number of pyridine rings is 1. The van der Waals surface area contributed by atoms with Crippen molar-refractivity contribution in [3.8, 4) is 17.4 Å². The number of anilines is 1. The molecule has 1 atom stereocenters. The van der Waals surface area contributed by atoms with Gasteiger partial charge in [-0.2, -0.15) is 4.98 Å². The largest absolute Gasteiger partial charge is 0.472 e. The van der Waals surface area contributed by atoms with Crippen LogP contribution in [-0.4, -0.2) is 41.2 Å². The third-order valence-corrected chi connectivity index (χ3v) is 4.80. The molecule has 0 radical (unpaired) electrons. The van der Waals surface area contributed by atoms with Gasteiger partial charge in [-0.3, -0.25) is 0 Å². The van der Waals surface area contributed by atoms with Gasteiger partial charge in [0.1, 0.15) is 5.69 Å². The molecule has 3 heterocycles. The van der Waals surface area contributed by atoms with Gasteiger partial charge in [-0.25, -0.2) is 13.8 Å². The van der Waals surface area contributed by atoms with Crippen LogP contribution in [0.15, 0.2) is 47.0 Å². The molecule has 4 rings (SSSR count).